The van der Waals surface area contributed by atoms with Crippen LogP contribution >= 0.6 is 0 Å². The fourth-order valence-corrected chi connectivity index (χ4v) is 2.75. The molecular formula is C17H22N2O3. The molecule has 0 radical (unpaired) electrons. The third-order valence-corrected chi connectivity index (χ3v) is 3.76. The summed E-state index contributed by atoms with van der Waals surface area (Å²) in [5.74, 6) is 0.982. The number of carbonyl (C=O) groups excluding carboxylic acids is 1. The summed E-state index contributed by atoms with van der Waals surface area (Å²) in [5, 5.41) is 0. The molecule has 5 heteroatoms. The summed E-state index contributed by atoms with van der Waals surface area (Å²) in [6.07, 6.45) is 0. The van der Waals surface area contributed by atoms with Crippen LogP contribution in [-0.4, -0.2) is 24.7 Å². The first kappa shape index (κ1) is 15.9. The molecule has 2 rings (SSSR count). The third kappa shape index (κ3) is 2.66. The van der Waals surface area contributed by atoms with E-state index in [2.05, 4.69) is 18.4 Å². The first-order valence-electron chi connectivity index (χ1n) is 7.14. The molecule has 0 fully saturated rings. The van der Waals surface area contributed by atoms with Gasteiger partial charge in [0.15, 0.2) is 0 Å². The van der Waals surface area contributed by atoms with Gasteiger partial charge in [0.1, 0.15) is 11.5 Å². The maximum atomic E-state index is 11.7. The maximum absolute atomic E-state index is 11.7. The molecule has 0 spiro atoms. The molecule has 0 bridgehead atoms. The van der Waals surface area contributed by atoms with Crippen LogP contribution in [0.2, 0.25) is 0 Å². The zero-order chi connectivity index (χ0) is 16.4. The second kappa shape index (κ2) is 6.13. The Morgan fingerprint density at radius 2 is 1.86 bits per heavy atom. The number of methoxy groups -OCH3 is 2. The van der Waals surface area contributed by atoms with E-state index in [-0.39, 0.29) is 6.04 Å². The SMILES string of the molecule is COc1ccc(-c2cc(C(N)=O)c(C)n2C(C)C)c(OC)c1. The van der Waals surface area contributed by atoms with Crippen molar-refractivity contribution in [3.05, 3.63) is 35.5 Å². The maximum Gasteiger partial charge on any atom is 0.250 e. The molecule has 0 saturated heterocycles. The van der Waals surface area contributed by atoms with Crippen molar-refractivity contribution in [3.8, 4) is 22.8 Å². The minimum atomic E-state index is -0.425. The van der Waals surface area contributed by atoms with Crippen molar-refractivity contribution in [2.75, 3.05) is 14.2 Å². The van der Waals surface area contributed by atoms with Crippen molar-refractivity contribution < 1.29 is 14.3 Å². The third-order valence-electron chi connectivity index (χ3n) is 3.76. The lowest BCUT2D eigenvalue weighted by Gasteiger charge is -2.18. The molecule has 2 N–H and O–H groups in total. The summed E-state index contributed by atoms with van der Waals surface area (Å²) in [5.41, 5.74) is 8.67. The highest BCUT2D eigenvalue weighted by molar-refractivity contribution is 5.96. The van der Waals surface area contributed by atoms with Crippen molar-refractivity contribution in [3.63, 3.8) is 0 Å². The molecule has 0 aliphatic heterocycles. The molecule has 0 aliphatic rings. The number of carbonyl (C=O) groups is 1. The van der Waals surface area contributed by atoms with E-state index in [0.717, 1.165) is 22.7 Å². The zero-order valence-corrected chi connectivity index (χ0v) is 13.6. The Morgan fingerprint density at radius 1 is 1.18 bits per heavy atom. The molecule has 118 valence electrons. The number of primary amides is 1. The van der Waals surface area contributed by atoms with Gasteiger partial charge in [-0.3, -0.25) is 4.79 Å². The number of aromatic nitrogens is 1. The molecule has 1 aromatic carbocycles. The van der Waals surface area contributed by atoms with E-state index in [0.29, 0.717) is 11.3 Å². The number of hydrogen-bond acceptors (Lipinski definition) is 3. The zero-order valence-electron chi connectivity index (χ0n) is 13.6. The van der Waals surface area contributed by atoms with Gasteiger partial charge in [-0.1, -0.05) is 0 Å². The van der Waals surface area contributed by atoms with E-state index in [1.165, 1.54) is 0 Å². The minimum absolute atomic E-state index is 0.190. The predicted molar refractivity (Wildman–Crippen MR) is 86.6 cm³/mol. The molecule has 0 saturated carbocycles. The number of amides is 1. The second-order valence-electron chi connectivity index (χ2n) is 5.42. The van der Waals surface area contributed by atoms with Crippen LogP contribution in [-0.2, 0) is 0 Å². The quantitative estimate of drug-likeness (QED) is 0.922. The Balaban J connectivity index is 2.71. The average molecular weight is 302 g/mol. The van der Waals surface area contributed by atoms with Gasteiger partial charge < -0.3 is 19.8 Å². The van der Waals surface area contributed by atoms with Crippen LogP contribution in [0.1, 0.15) is 35.9 Å². The van der Waals surface area contributed by atoms with Crippen LogP contribution in [0.25, 0.3) is 11.3 Å². The molecular weight excluding hydrogens is 280 g/mol. The van der Waals surface area contributed by atoms with Crippen molar-refractivity contribution >= 4 is 5.91 Å². The largest absolute Gasteiger partial charge is 0.497 e. The van der Waals surface area contributed by atoms with E-state index in [1.807, 2.05) is 31.2 Å². The lowest BCUT2D eigenvalue weighted by molar-refractivity contribution is 0.0999. The minimum Gasteiger partial charge on any atom is -0.497 e. The summed E-state index contributed by atoms with van der Waals surface area (Å²) in [7, 11) is 3.23. The Kier molecular flexibility index (Phi) is 4.45. The number of rotatable bonds is 5. The summed E-state index contributed by atoms with van der Waals surface area (Å²) >= 11 is 0. The fourth-order valence-electron chi connectivity index (χ4n) is 2.75. The molecule has 0 atom stereocenters. The van der Waals surface area contributed by atoms with Gasteiger partial charge in [0.05, 0.1) is 25.5 Å². The van der Waals surface area contributed by atoms with E-state index in [4.69, 9.17) is 15.2 Å². The molecule has 22 heavy (non-hydrogen) atoms. The number of hydrogen-bond donors (Lipinski definition) is 1. The molecule has 1 heterocycles. The van der Waals surface area contributed by atoms with Crippen LogP contribution in [0.4, 0.5) is 0 Å². The Labute approximate surface area is 130 Å². The topological polar surface area (TPSA) is 66.5 Å². The first-order chi connectivity index (χ1) is 10.4. The first-order valence-corrected chi connectivity index (χ1v) is 7.14. The van der Waals surface area contributed by atoms with Crippen molar-refractivity contribution in [1.29, 1.82) is 0 Å². The number of benzene rings is 1. The van der Waals surface area contributed by atoms with Crippen LogP contribution in [0.5, 0.6) is 11.5 Å². The number of nitrogens with two attached hydrogens (primary N) is 1. The van der Waals surface area contributed by atoms with Gasteiger partial charge in [-0.25, -0.2) is 0 Å². The van der Waals surface area contributed by atoms with Crippen molar-refractivity contribution in [1.82, 2.24) is 4.57 Å². The standard InChI is InChI=1S/C17H22N2O3/c1-10(2)19-11(3)14(17(18)20)9-15(19)13-7-6-12(21-4)8-16(13)22-5/h6-10H,1-5H3,(H2,18,20). The highest BCUT2D eigenvalue weighted by Gasteiger charge is 2.20. The number of nitrogens with zero attached hydrogens (tertiary/aromatic N) is 1. The average Bonchev–Trinajstić information content (AvgIpc) is 2.84. The summed E-state index contributed by atoms with van der Waals surface area (Å²) in [6, 6.07) is 7.63. The Hall–Kier alpha value is -2.43. The van der Waals surface area contributed by atoms with Crippen molar-refractivity contribution in [2.45, 2.75) is 26.8 Å². The lowest BCUT2D eigenvalue weighted by Crippen LogP contribution is -2.13. The molecule has 0 aliphatic carbocycles. The van der Waals surface area contributed by atoms with E-state index in [1.54, 1.807) is 14.2 Å². The van der Waals surface area contributed by atoms with Crippen LogP contribution in [0.3, 0.4) is 0 Å². The Morgan fingerprint density at radius 3 is 2.36 bits per heavy atom. The molecule has 0 unspecified atom stereocenters. The highest BCUT2D eigenvalue weighted by Crippen LogP contribution is 2.37. The van der Waals surface area contributed by atoms with E-state index < -0.39 is 5.91 Å². The van der Waals surface area contributed by atoms with Gasteiger partial charge in [0, 0.05) is 23.4 Å². The van der Waals surface area contributed by atoms with Gasteiger partial charge in [0.2, 0.25) is 0 Å². The fraction of sp³-hybridized carbons (Fsp3) is 0.353. The normalized spacial score (nSPS) is 10.8. The predicted octanol–water partition coefficient (Wildman–Crippen LogP) is 3.16. The smallest absolute Gasteiger partial charge is 0.250 e. The Bertz CT molecular complexity index is 702. The summed E-state index contributed by atoms with van der Waals surface area (Å²) in [4.78, 5) is 11.7. The van der Waals surface area contributed by atoms with Gasteiger partial charge in [0.25, 0.3) is 5.91 Å². The molecule has 1 aromatic heterocycles. The number of ether oxygens (including phenoxy) is 2. The summed E-state index contributed by atoms with van der Waals surface area (Å²) in [6.45, 7) is 6.04. The van der Waals surface area contributed by atoms with E-state index in [9.17, 15) is 4.79 Å². The van der Waals surface area contributed by atoms with E-state index >= 15 is 0 Å². The van der Waals surface area contributed by atoms with Crippen LogP contribution < -0.4 is 15.2 Å². The lowest BCUT2D eigenvalue weighted by atomic mass is 10.1. The summed E-state index contributed by atoms with van der Waals surface area (Å²) < 4.78 is 12.8. The second-order valence-corrected chi connectivity index (χ2v) is 5.42. The van der Waals surface area contributed by atoms with Crippen LogP contribution in [0, 0.1) is 6.92 Å². The van der Waals surface area contributed by atoms with Gasteiger partial charge in [-0.05, 0) is 39.0 Å². The molecule has 1 amide bonds. The molecule has 2 aromatic rings. The van der Waals surface area contributed by atoms with Crippen LogP contribution in [0.15, 0.2) is 24.3 Å². The van der Waals surface area contributed by atoms with Gasteiger partial charge in [-0.2, -0.15) is 0 Å². The van der Waals surface area contributed by atoms with Crippen molar-refractivity contribution in [2.24, 2.45) is 5.73 Å². The van der Waals surface area contributed by atoms with Gasteiger partial charge >= 0.3 is 0 Å². The van der Waals surface area contributed by atoms with Gasteiger partial charge in [-0.15, -0.1) is 0 Å². The molecule has 5 nitrogen and oxygen atoms in total. The highest BCUT2D eigenvalue weighted by atomic mass is 16.5. The monoisotopic (exact) mass is 302 g/mol.